The molecule has 1 atom stereocenters. The molecule has 1 unspecified atom stereocenters. The highest BCUT2D eigenvalue weighted by Crippen LogP contribution is 2.34. The third kappa shape index (κ3) is 1.96. The van der Waals surface area contributed by atoms with Gasteiger partial charge in [0, 0.05) is 32.2 Å². The first kappa shape index (κ1) is 9.17. The Labute approximate surface area is 87.0 Å². The van der Waals surface area contributed by atoms with Crippen molar-refractivity contribution in [2.45, 2.75) is 38.1 Å². The molecule has 0 amide bonds. The lowest BCUT2D eigenvalue weighted by Crippen LogP contribution is -2.53. The molecule has 1 heterocycles. The van der Waals surface area contributed by atoms with E-state index < -0.39 is 0 Å². The summed E-state index contributed by atoms with van der Waals surface area (Å²) < 4.78 is 0. The van der Waals surface area contributed by atoms with Gasteiger partial charge in [-0.2, -0.15) is 0 Å². The summed E-state index contributed by atoms with van der Waals surface area (Å²) in [6.07, 6.45) is 7.45. The number of rotatable bonds is 3. The molecule has 1 saturated heterocycles. The molecular formula is C12H22N2. The SMILES string of the molecule is C1CC(CN2CCNC(C3CC3)C2)C1. The predicted molar refractivity (Wildman–Crippen MR) is 58.3 cm³/mol. The highest BCUT2D eigenvalue weighted by molar-refractivity contribution is 4.91. The van der Waals surface area contributed by atoms with E-state index in [4.69, 9.17) is 0 Å². The Bertz CT molecular complexity index is 196. The molecule has 1 aliphatic heterocycles. The molecular weight excluding hydrogens is 172 g/mol. The monoisotopic (exact) mass is 194 g/mol. The van der Waals surface area contributed by atoms with Crippen molar-refractivity contribution >= 4 is 0 Å². The van der Waals surface area contributed by atoms with E-state index in [1.165, 1.54) is 58.3 Å². The first-order valence-corrected chi connectivity index (χ1v) is 6.37. The van der Waals surface area contributed by atoms with Gasteiger partial charge in [-0.25, -0.2) is 0 Å². The van der Waals surface area contributed by atoms with Crippen LogP contribution in [0.5, 0.6) is 0 Å². The van der Waals surface area contributed by atoms with E-state index in [-0.39, 0.29) is 0 Å². The van der Waals surface area contributed by atoms with Gasteiger partial charge in [-0.1, -0.05) is 6.42 Å². The Morgan fingerprint density at radius 2 is 2.00 bits per heavy atom. The average Bonchev–Trinajstić information content (AvgIpc) is 2.95. The predicted octanol–water partition coefficient (Wildman–Crippen LogP) is 1.47. The van der Waals surface area contributed by atoms with Crippen molar-refractivity contribution in [2.75, 3.05) is 26.2 Å². The Kier molecular flexibility index (Phi) is 2.50. The highest BCUT2D eigenvalue weighted by atomic mass is 15.2. The summed E-state index contributed by atoms with van der Waals surface area (Å²) in [4.78, 5) is 2.71. The number of hydrogen-bond donors (Lipinski definition) is 1. The third-order valence-corrected chi connectivity index (χ3v) is 4.22. The van der Waals surface area contributed by atoms with Crippen molar-refractivity contribution < 1.29 is 0 Å². The maximum absolute atomic E-state index is 3.68. The summed E-state index contributed by atoms with van der Waals surface area (Å²) in [5, 5.41) is 3.68. The van der Waals surface area contributed by atoms with Crippen molar-refractivity contribution in [1.29, 1.82) is 0 Å². The summed E-state index contributed by atoms with van der Waals surface area (Å²) in [6, 6.07) is 0.837. The second-order valence-electron chi connectivity index (χ2n) is 5.45. The lowest BCUT2D eigenvalue weighted by atomic mass is 9.85. The van der Waals surface area contributed by atoms with Crippen LogP contribution in [0.3, 0.4) is 0 Å². The molecule has 0 spiro atoms. The second kappa shape index (κ2) is 3.82. The van der Waals surface area contributed by atoms with Crippen molar-refractivity contribution in [3.63, 3.8) is 0 Å². The van der Waals surface area contributed by atoms with Crippen LogP contribution in [-0.2, 0) is 0 Å². The first-order chi connectivity index (χ1) is 6.92. The lowest BCUT2D eigenvalue weighted by molar-refractivity contribution is 0.134. The van der Waals surface area contributed by atoms with Crippen LogP contribution in [0.15, 0.2) is 0 Å². The number of hydrogen-bond acceptors (Lipinski definition) is 2. The minimum atomic E-state index is 0.837. The minimum absolute atomic E-state index is 0.837. The fourth-order valence-electron chi connectivity index (χ4n) is 2.86. The van der Waals surface area contributed by atoms with Gasteiger partial charge < -0.3 is 10.2 Å². The molecule has 0 aromatic heterocycles. The maximum Gasteiger partial charge on any atom is 0.0223 e. The van der Waals surface area contributed by atoms with Gasteiger partial charge in [0.25, 0.3) is 0 Å². The summed E-state index contributed by atoms with van der Waals surface area (Å²) in [5.41, 5.74) is 0. The molecule has 3 rings (SSSR count). The summed E-state index contributed by atoms with van der Waals surface area (Å²) in [6.45, 7) is 5.25. The molecule has 2 saturated carbocycles. The molecule has 0 radical (unpaired) electrons. The molecule has 3 fully saturated rings. The van der Waals surface area contributed by atoms with Crippen LogP contribution >= 0.6 is 0 Å². The Morgan fingerprint density at radius 1 is 1.14 bits per heavy atom. The largest absolute Gasteiger partial charge is 0.311 e. The van der Waals surface area contributed by atoms with E-state index in [0.29, 0.717) is 0 Å². The van der Waals surface area contributed by atoms with Crippen LogP contribution in [0, 0.1) is 11.8 Å². The van der Waals surface area contributed by atoms with Crippen LogP contribution in [0.2, 0.25) is 0 Å². The third-order valence-electron chi connectivity index (χ3n) is 4.22. The van der Waals surface area contributed by atoms with Crippen LogP contribution in [0.1, 0.15) is 32.1 Å². The van der Waals surface area contributed by atoms with Gasteiger partial charge in [-0.15, -0.1) is 0 Å². The van der Waals surface area contributed by atoms with Crippen LogP contribution in [0.25, 0.3) is 0 Å². The second-order valence-corrected chi connectivity index (χ2v) is 5.45. The fraction of sp³-hybridized carbons (Fsp3) is 1.00. The molecule has 2 nitrogen and oxygen atoms in total. The van der Waals surface area contributed by atoms with Gasteiger partial charge in [0.1, 0.15) is 0 Å². The van der Waals surface area contributed by atoms with Crippen LogP contribution in [-0.4, -0.2) is 37.1 Å². The highest BCUT2D eigenvalue weighted by Gasteiger charge is 2.34. The lowest BCUT2D eigenvalue weighted by Gasteiger charge is -2.38. The van der Waals surface area contributed by atoms with E-state index in [2.05, 4.69) is 10.2 Å². The molecule has 1 N–H and O–H groups in total. The summed E-state index contributed by atoms with van der Waals surface area (Å²) in [5.74, 6) is 2.08. The van der Waals surface area contributed by atoms with Crippen molar-refractivity contribution in [3.8, 4) is 0 Å². The summed E-state index contributed by atoms with van der Waals surface area (Å²) >= 11 is 0. The zero-order chi connectivity index (χ0) is 9.38. The standard InChI is InChI=1S/C12H22N2/c1-2-10(3-1)8-14-7-6-13-12(9-14)11-4-5-11/h10-13H,1-9H2. The average molecular weight is 194 g/mol. The number of piperazine rings is 1. The molecule has 0 aromatic carbocycles. The molecule has 80 valence electrons. The van der Waals surface area contributed by atoms with Gasteiger partial charge in [0.05, 0.1) is 0 Å². The molecule has 0 bridgehead atoms. The van der Waals surface area contributed by atoms with E-state index in [9.17, 15) is 0 Å². The number of nitrogens with one attached hydrogen (secondary N) is 1. The quantitative estimate of drug-likeness (QED) is 0.732. The van der Waals surface area contributed by atoms with E-state index in [1.807, 2.05) is 0 Å². The Morgan fingerprint density at radius 3 is 2.64 bits per heavy atom. The molecule has 2 aliphatic carbocycles. The fourth-order valence-corrected chi connectivity index (χ4v) is 2.86. The summed E-state index contributed by atoms with van der Waals surface area (Å²) in [7, 11) is 0. The molecule has 14 heavy (non-hydrogen) atoms. The zero-order valence-corrected chi connectivity index (χ0v) is 9.04. The molecule has 2 heteroatoms. The maximum atomic E-state index is 3.68. The van der Waals surface area contributed by atoms with E-state index in [0.717, 1.165) is 17.9 Å². The van der Waals surface area contributed by atoms with Crippen molar-refractivity contribution in [1.82, 2.24) is 10.2 Å². The normalized spacial score (nSPS) is 35.6. The minimum Gasteiger partial charge on any atom is -0.311 e. The number of nitrogens with zero attached hydrogens (tertiary/aromatic N) is 1. The topological polar surface area (TPSA) is 15.3 Å². The van der Waals surface area contributed by atoms with E-state index >= 15 is 0 Å². The Hall–Kier alpha value is -0.0800. The molecule has 3 aliphatic rings. The van der Waals surface area contributed by atoms with Crippen LogP contribution in [0.4, 0.5) is 0 Å². The van der Waals surface area contributed by atoms with Gasteiger partial charge in [-0.05, 0) is 37.5 Å². The van der Waals surface area contributed by atoms with E-state index in [1.54, 1.807) is 0 Å². The van der Waals surface area contributed by atoms with Gasteiger partial charge in [-0.3, -0.25) is 0 Å². The zero-order valence-electron chi connectivity index (χ0n) is 9.04. The van der Waals surface area contributed by atoms with Gasteiger partial charge in [0.15, 0.2) is 0 Å². The van der Waals surface area contributed by atoms with Crippen molar-refractivity contribution in [2.24, 2.45) is 11.8 Å². The first-order valence-electron chi connectivity index (χ1n) is 6.37. The Balaban J connectivity index is 1.47. The van der Waals surface area contributed by atoms with Crippen LogP contribution < -0.4 is 5.32 Å². The van der Waals surface area contributed by atoms with Crippen molar-refractivity contribution in [3.05, 3.63) is 0 Å². The smallest absolute Gasteiger partial charge is 0.0223 e. The van der Waals surface area contributed by atoms with Gasteiger partial charge in [0.2, 0.25) is 0 Å². The molecule has 0 aromatic rings. The van der Waals surface area contributed by atoms with Gasteiger partial charge >= 0.3 is 0 Å².